The molecule has 2 saturated heterocycles. The van der Waals surface area contributed by atoms with Crippen LogP contribution >= 0.6 is 0 Å². The number of aromatic hydroxyl groups is 1. The third-order valence-corrected chi connectivity index (χ3v) is 20.2. The molecule has 0 spiro atoms. The second-order valence-corrected chi connectivity index (χ2v) is 31.9. The van der Waals surface area contributed by atoms with Crippen LogP contribution in [0.15, 0.2) is 67.3 Å². The SMILES string of the molecule is CC(C)C[C@@H]1NC(=O)[C@H](Cc2ccc(O)cc2)N[C@@H](CNC(=O)[C@H](C)NC(=O)[C@H](CO)NC(=O)[C@H](CC(N)=O)NC(=O)[C@H](CC(C)C)NC(=O)[C@@H](NC(=O)[C@H](Cc2c[nH]c3ccccc23)NC(=O)CN)[C@@H](C)O)CCN(CC(=O)N2CCC[C@H]2C(=O)N[C@@H](Cc2cnc[nH]2)C(=O)N[C@@H](C)C(=O)N[C@H](C(N)=O)C(C)C)C(=O)[C@H](CC(C)C)NC1=O. The molecule has 2 aliphatic heterocycles. The van der Waals surface area contributed by atoms with Crippen molar-refractivity contribution in [2.45, 2.75) is 231 Å². The maximum atomic E-state index is 15.4. The Bertz CT molecular complexity index is 4190. The molecule has 0 aliphatic carbocycles. The number of aliphatic hydroxyl groups excluding tert-OH is 2. The van der Waals surface area contributed by atoms with Gasteiger partial charge < -0.3 is 121 Å². The highest BCUT2D eigenvalue weighted by Gasteiger charge is 2.42. The summed E-state index contributed by atoms with van der Waals surface area (Å²) in [6, 6.07) is -6.49. The van der Waals surface area contributed by atoms with Gasteiger partial charge in [0.25, 0.3) is 0 Å². The fourth-order valence-electron chi connectivity index (χ4n) is 13.8. The van der Waals surface area contributed by atoms with Crippen LogP contribution in [0.2, 0.25) is 0 Å². The molecule has 2 fully saturated rings. The first-order valence-corrected chi connectivity index (χ1v) is 40.0. The molecule has 0 radical (unpaired) electrons. The molecule has 24 N–H and O–H groups in total. The average molecular weight is 1670 g/mol. The summed E-state index contributed by atoms with van der Waals surface area (Å²) in [7, 11) is 0. The number of para-hydroxylation sites is 1. The van der Waals surface area contributed by atoms with Crippen LogP contribution in [-0.2, 0) is 96.0 Å². The number of primary amides is 2. The van der Waals surface area contributed by atoms with Gasteiger partial charge in [0.2, 0.25) is 94.5 Å². The number of likely N-dealkylation sites (tertiary alicyclic amines) is 1. The van der Waals surface area contributed by atoms with Gasteiger partial charge in [-0.25, -0.2) is 4.98 Å². The number of hydrogen-bond donors (Lipinski definition) is 21. The van der Waals surface area contributed by atoms with Crippen LogP contribution in [0.1, 0.15) is 138 Å². The molecule has 2 aromatic carbocycles. The van der Waals surface area contributed by atoms with Crippen LogP contribution in [0.25, 0.3) is 10.9 Å². The molecule has 2 aromatic heterocycles. The highest BCUT2D eigenvalue weighted by atomic mass is 16.3. The predicted octanol–water partition coefficient (Wildman–Crippen LogP) is -4.85. The van der Waals surface area contributed by atoms with Crippen molar-refractivity contribution in [1.29, 1.82) is 0 Å². The summed E-state index contributed by atoms with van der Waals surface area (Å²) in [6.45, 7) is 14.8. The molecular formula is C79H119N21O19. The summed E-state index contributed by atoms with van der Waals surface area (Å²) in [5, 5.41) is 66.6. The normalized spacial score (nSPS) is 19.2. The second-order valence-electron chi connectivity index (χ2n) is 31.9. The zero-order chi connectivity index (χ0) is 88.2. The zero-order valence-electron chi connectivity index (χ0n) is 69.1. The number of carbonyl (C=O) groups is 16. The number of aliphatic hydroxyl groups is 2. The Morgan fingerprint density at radius 1 is 0.597 bits per heavy atom. The molecule has 2 aliphatic rings. The van der Waals surface area contributed by atoms with E-state index >= 15 is 9.59 Å². The Balaban J connectivity index is 1.22. The van der Waals surface area contributed by atoms with Crippen LogP contribution in [0.5, 0.6) is 5.75 Å². The highest BCUT2D eigenvalue weighted by molar-refractivity contribution is 6.01. The first kappa shape index (κ1) is 96.2. The van der Waals surface area contributed by atoms with E-state index in [-0.39, 0.29) is 88.0 Å². The minimum Gasteiger partial charge on any atom is -0.508 e. The first-order valence-electron chi connectivity index (χ1n) is 40.0. The fourth-order valence-corrected chi connectivity index (χ4v) is 13.8. The van der Waals surface area contributed by atoms with Crippen LogP contribution < -0.4 is 86.3 Å². The number of benzene rings is 2. The monoisotopic (exact) mass is 1670 g/mol. The van der Waals surface area contributed by atoms with Gasteiger partial charge in [-0.15, -0.1) is 0 Å². The molecule has 40 nitrogen and oxygen atoms in total. The predicted molar refractivity (Wildman–Crippen MR) is 432 cm³/mol. The van der Waals surface area contributed by atoms with Crippen LogP contribution in [-0.4, -0.2) is 265 Å². The van der Waals surface area contributed by atoms with E-state index in [1.165, 1.54) is 55.2 Å². The maximum absolute atomic E-state index is 15.4. The van der Waals surface area contributed by atoms with Crippen molar-refractivity contribution in [2.75, 3.05) is 39.3 Å². The number of carbonyl (C=O) groups excluding carboxylic acids is 16. The first-order chi connectivity index (χ1) is 56.2. The Morgan fingerprint density at radius 3 is 1.78 bits per heavy atom. The van der Waals surface area contributed by atoms with Crippen molar-refractivity contribution >= 4 is 105 Å². The van der Waals surface area contributed by atoms with Crippen LogP contribution in [0.4, 0.5) is 0 Å². The molecule has 16 amide bonds. The lowest BCUT2D eigenvalue weighted by atomic mass is 9.99. The quantitative estimate of drug-likeness (QED) is 0.0198. The van der Waals surface area contributed by atoms with E-state index in [1.54, 1.807) is 70.3 Å². The van der Waals surface area contributed by atoms with Crippen molar-refractivity contribution in [1.82, 2.24) is 93.9 Å². The molecule has 0 bridgehead atoms. The lowest BCUT2D eigenvalue weighted by Crippen LogP contribution is -2.62. The average Bonchev–Trinajstić information content (AvgIpc) is 1.68. The molecular weight excluding hydrogens is 1550 g/mol. The molecule has 4 aromatic rings. The molecule has 6 rings (SSSR count). The van der Waals surface area contributed by atoms with Gasteiger partial charge in [-0.05, 0) is 119 Å². The number of phenols is 1. The van der Waals surface area contributed by atoms with E-state index in [4.69, 9.17) is 17.2 Å². The van der Waals surface area contributed by atoms with Gasteiger partial charge in [0.05, 0.1) is 44.6 Å². The van der Waals surface area contributed by atoms with Gasteiger partial charge in [-0.2, -0.15) is 0 Å². The highest BCUT2D eigenvalue weighted by Crippen LogP contribution is 2.23. The summed E-state index contributed by atoms with van der Waals surface area (Å²) in [5.74, 6) is -15.4. The largest absolute Gasteiger partial charge is 0.508 e. The molecule has 15 atom stereocenters. The second kappa shape index (κ2) is 45.9. The summed E-state index contributed by atoms with van der Waals surface area (Å²) >= 11 is 0. The maximum Gasteiger partial charge on any atom is 0.245 e. The fraction of sp³-hybridized carbons (Fsp3) is 0.582. The van der Waals surface area contributed by atoms with Gasteiger partial charge in [-0.3, -0.25) is 76.7 Å². The number of hydrogen-bond acceptors (Lipinski definition) is 22. The molecule has 0 unspecified atom stereocenters. The molecule has 4 heterocycles. The van der Waals surface area contributed by atoms with Crippen molar-refractivity contribution < 1.29 is 92.0 Å². The number of fused-ring (bicyclic) bond motifs is 1. The number of rotatable bonds is 41. The van der Waals surface area contributed by atoms with Gasteiger partial charge in [0.1, 0.15) is 78.3 Å². The van der Waals surface area contributed by atoms with Crippen LogP contribution in [0, 0.1) is 23.7 Å². The Morgan fingerprint density at radius 2 is 1.18 bits per heavy atom. The number of amides is 16. The Hall–Kier alpha value is -11.6. The standard InChI is InChI=1S/C79H119N21O19/c1-39(2)25-53-72(112)95-59(27-41(5)6)79(119)99(36-64(106)100-23-14-17-61(100)77(117)93-57(30-49-34-83-38-86-49)70(110)88-44(10)69(109)97-65(42(7)8)67(82)107)24-22-48(89-55(73(113)91-53)28-46-18-20-50(103)21-19-46)35-85-68(108)43(9)87-76(116)60(37-101)96-74(114)58(31-62(81)104)92-71(111)54(26-40(3)4)94-78(118)66(45(11)102)98-75(115)56(90-63(105)32-80)29-47-33-84-52-16-13-12-15-51(47)52/h12-13,15-16,18-21,33-34,38-45,48,53-61,65-66,84,89,101-103H,14,17,22-32,35-37,80H2,1-11H3,(H2,81,104)(H2,82,107)(H,83,86)(H,85,108)(H,87,116)(H,88,110)(H,90,105)(H,91,113)(H,92,111)(H,93,117)(H,94,118)(H,95,112)(H,96,114)(H,97,109)(H,98,115)/t43-,44-,45+,48+,53-,54-,55-,56-,57-,58-,59-,60-,61-,65-,66-/m0/s1. The molecule has 0 saturated carbocycles. The lowest BCUT2D eigenvalue weighted by Gasteiger charge is -2.33. The third-order valence-electron chi connectivity index (χ3n) is 20.2. The van der Waals surface area contributed by atoms with Crippen molar-refractivity contribution in [3.63, 3.8) is 0 Å². The number of aromatic amines is 2. The van der Waals surface area contributed by atoms with Crippen LogP contribution in [0.3, 0.4) is 0 Å². The number of nitrogens with one attached hydrogen (secondary N) is 15. The van der Waals surface area contributed by atoms with Gasteiger partial charge in [-0.1, -0.05) is 85.7 Å². The Kier molecular flexibility index (Phi) is 37.1. The number of nitrogens with two attached hydrogens (primary N) is 3. The molecule has 40 heteroatoms. The molecule has 119 heavy (non-hydrogen) atoms. The summed E-state index contributed by atoms with van der Waals surface area (Å²) in [5.41, 5.74) is 18.9. The minimum absolute atomic E-state index is 0.0168. The van der Waals surface area contributed by atoms with Crippen molar-refractivity contribution in [3.8, 4) is 5.75 Å². The minimum atomic E-state index is -1.89. The van der Waals surface area contributed by atoms with E-state index in [2.05, 4.69) is 84.1 Å². The number of imidazole rings is 1. The van der Waals surface area contributed by atoms with E-state index in [9.17, 15) is 82.4 Å². The zero-order valence-corrected chi connectivity index (χ0v) is 69.1. The number of H-pyrrole nitrogens is 2. The number of phenolic OH excluding ortho intramolecular Hbond substituents is 1. The topological polar surface area (TPSA) is 619 Å². The summed E-state index contributed by atoms with van der Waals surface area (Å²) in [6.07, 6.45) is 1.82. The van der Waals surface area contributed by atoms with E-state index in [0.717, 1.165) is 10.9 Å². The number of nitrogens with zero attached hydrogens (tertiary/aromatic N) is 3. The third kappa shape index (κ3) is 29.7. The summed E-state index contributed by atoms with van der Waals surface area (Å²) in [4.78, 5) is 236. The molecule has 654 valence electrons. The lowest BCUT2D eigenvalue weighted by molar-refractivity contribution is -0.145. The number of aromatic nitrogens is 3. The Labute approximate surface area is 689 Å². The van der Waals surface area contributed by atoms with Gasteiger partial charge in [0, 0.05) is 67.5 Å². The summed E-state index contributed by atoms with van der Waals surface area (Å²) < 4.78 is 0. The van der Waals surface area contributed by atoms with Crippen molar-refractivity contribution in [3.05, 3.63) is 84.1 Å². The smallest absolute Gasteiger partial charge is 0.245 e. The van der Waals surface area contributed by atoms with Gasteiger partial charge >= 0.3 is 0 Å². The van der Waals surface area contributed by atoms with E-state index in [1.807, 2.05) is 27.7 Å². The van der Waals surface area contributed by atoms with E-state index in [0.29, 0.717) is 23.2 Å². The van der Waals surface area contributed by atoms with E-state index < -0.39 is 224 Å². The van der Waals surface area contributed by atoms with Gasteiger partial charge in [0.15, 0.2) is 0 Å². The van der Waals surface area contributed by atoms with Crippen molar-refractivity contribution in [2.24, 2.45) is 40.9 Å².